The summed E-state index contributed by atoms with van der Waals surface area (Å²) in [4.78, 5) is 34.0. The van der Waals surface area contributed by atoms with Gasteiger partial charge in [-0.25, -0.2) is 9.48 Å². The normalized spacial score (nSPS) is 11.7. The fourth-order valence-corrected chi connectivity index (χ4v) is 2.00. The van der Waals surface area contributed by atoms with Crippen LogP contribution >= 0.6 is 0 Å². The number of hydrogen-bond donors (Lipinski definition) is 0. The Bertz CT molecular complexity index is 800. The number of aromatic nitrogens is 2. The quantitative estimate of drug-likeness (QED) is 0.474. The third-order valence-corrected chi connectivity index (χ3v) is 3.17. The fraction of sp³-hybridized carbons (Fsp3) is 0.267. The van der Waals surface area contributed by atoms with Crippen molar-refractivity contribution in [3.63, 3.8) is 0 Å². The number of nitro benzene ring substituents is 1. The topological polar surface area (TPSA) is 104 Å². The maximum Gasteiger partial charge on any atom is 0.330 e. The largest absolute Gasteiger partial charge is 0.464 e. The number of hydrogen-bond acceptors (Lipinski definition) is 6. The van der Waals surface area contributed by atoms with Crippen molar-refractivity contribution in [3.05, 3.63) is 56.9 Å². The Hall–Kier alpha value is -3.03. The van der Waals surface area contributed by atoms with E-state index in [1.807, 2.05) is 0 Å². The zero-order valence-corrected chi connectivity index (χ0v) is 12.6. The Morgan fingerprint density at radius 1 is 1.39 bits per heavy atom. The summed E-state index contributed by atoms with van der Waals surface area (Å²) in [5, 5.41) is 15.0. The highest BCUT2D eigenvalue weighted by molar-refractivity contribution is 5.73. The number of carbonyl (C=O) groups excluding carboxylic acids is 1. The number of rotatable bonds is 5. The molecule has 120 valence electrons. The molecule has 1 unspecified atom stereocenters. The van der Waals surface area contributed by atoms with E-state index in [4.69, 9.17) is 4.74 Å². The van der Waals surface area contributed by atoms with Gasteiger partial charge in [0, 0.05) is 23.8 Å². The number of nitrogens with zero attached hydrogens (tertiary/aromatic N) is 3. The van der Waals surface area contributed by atoms with E-state index in [2.05, 4.69) is 5.10 Å². The second-order valence-corrected chi connectivity index (χ2v) is 4.74. The highest BCUT2D eigenvalue weighted by Crippen LogP contribution is 2.21. The van der Waals surface area contributed by atoms with Gasteiger partial charge in [-0.15, -0.1) is 0 Å². The fourth-order valence-electron chi connectivity index (χ4n) is 2.00. The average molecular weight is 317 g/mol. The van der Waals surface area contributed by atoms with E-state index in [-0.39, 0.29) is 12.3 Å². The van der Waals surface area contributed by atoms with E-state index in [9.17, 15) is 19.7 Å². The molecular weight excluding hydrogens is 302 g/mol. The van der Waals surface area contributed by atoms with Crippen LogP contribution in [0.25, 0.3) is 11.3 Å². The molecule has 0 radical (unpaired) electrons. The summed E-state index contributed by atoms with van der Waals surface area (Å²) in [6, 6.07) is 7.71. The zero-order valence-electron chi connectivity index (χ0n) is 12.6. The maximum absolute atomic E-state index is 11.9. The van der Waals surface area contributed by atoms with Crippen LogP contribution in [0, 0.1) is 10.1 Å². The number of esters is 1. The van der Waals surface area contributed by atoms with Crippen molar-refractivity contribution in [2.24, 2.45) is 0 Å². The van der Waals surface area contributed by atoms with Crippen LogP contribution in [0.5, 0.6) is 0 Å². The second-order valence-electron chi connectivity index (χ2n) is 4.74. The van der Waals surface area contributed by atoms with Crippen LogP contribution in [0.3, 0.4) is 0 Å². The van der Waals surface area contributed by atoms with Gasteiger partial charge >= 0.3 is 5.97 Å². The molecule has 23 heavy (non-hydrogen) atoms. The highest BCUT2D eigenvalue weighted by Gasteiger charge is 2.19. The van der Waals surface area contributed by atoms with Crippen LogP contribution in [0.2, 0.25) is 0 Å². The van der Waals surface area contributed by atoms with Crippen molar-refractivity contribution < 1.29 is 14.5 Å². The number of carbonyl (C=O) groups is 1. The molecule has 0 aliphatic rings. The van der Waals surface area contributed by atoms with Gasteiger partial charge in [-0.2, -0.15) is 5.10 Å². The SMILES string of the molecule is CCOC(=O)C(C)n1nc(-c2cccc([N+](=O)[O-])c2)ccc1=O. The molecule has 0 aliphatic heterocycles. The van der Waals surface area contributed by atoms with Crippen LogP contribution in [0.4, 0.5) is 5.69 Å². The monoisotopic (exact) mass is 317 g/mol. The standard InChI is InChI=1S/C15H15N3O5/c1-3-23-15(20)10(2)17-14(19)8-7-13(16-17)11-5-4-6-12(9-11)18(21)22/h4-10H,3H2,1-2H3. The first-order chi connectivity index (χ1) is 10.9. The van der Waals surface area contributed by atoms with Crippen LogP contribution in [-0.2, 0) is 9.53 Å². The molecule has 1 heterocycles. The molecule has 2 rings (SSSR count). The number of non-ortho nitro benzene ring substituents is 1. The summed E-state index contributed by atoms with van der Waals surface area (Å²) < 4.78 is 5.89. The highest BCUT2D eigenvalue weighted by atomic mass is 16.6. The Morgan fingerprint density at radius 2 is 2.13 bits per heavy atom. The van der Waals surface area contributed by atoms with E-state index in [1.54, 1.807) is 13.0 Å². The predicted molar refractivity (Wildman–Crippen MR) is 81.9 cm³/mol. The van der Waals surface area contributed by atoms with Gasteiger partial charge < -0.3 is 4.74 Å². The number of benzene rings is 1. The van der Waals surface area contributed by atoms with Crippen molar-refractivity contribution in [2.75, 3.05) is 6.61 Å². The molecular formula is C15H15N3O5. The molecule has 2 aromatic rings. The van der Waals surface area contributed by atoms with Crippen LogP contribution in [0.1, 0.15) is 19.9 Å². The van der Waals surface area contributed by atoms with Crippen LogP contribution < -0.4 is 5.56 Å². The molecule has 1 atom stereocenters. The lowest BCUT2D eigenvalue weighted by Gasteiger charge is -2.13. The van der Waals surface area contributed by atoms with E-state index in [0.717, 1.165) is 4.68 Å². The van der Waals surface area contributed by atoms with Gasteiger partial charge in [-0.3, -0.25) is 14.9 Å². The Kier molecular flexibility index (Phi) is 4.85. The lowest BCUT2D eigenvalue weighted by atomic mass is 10.1. The van der Waals surface area contributed by atoms with Gasteiger partial charge in [0.1, 0.15) is 0 Å². The van der Waals surface area contributed by atoms with Crippen LogP contribution in [0.15, 0.2) is 41.2 Å². The molecule has 0 saturated carbocycles. The molecule has 0 saturated heterocycles. The molecule has 0 aliphatic carbocycles. The molecule has 8 heteroatoms. The average Bonchev–Trinajstić information content (AvgIpc) is 2.55. The van der Waals surface area contributed by atoms with Gasteiger partial charge in [-0.1, -0.05) is 12.1 Å². The summed E-state index contributed by atoms with van der Waals surface area (Å²) >= 11 is 0. The van der Waals surface area contributed by atoms with Gasteiger partial charge in [0.25, 0.3) is 11.2 Å². The molecule has 8 nitrogen and oxygen atoms in total. The summed E-state index contributed by atoms with van der Waals surface area (Å²) in [5.74, 6) is -0.571. The molecule has 1 aromatic heterocycles. The molecule has 0 bridgehead atoms. The first kappa shape index (κ1) is 16.3. The third-order valence-electron chi connectivity index (χ3n) is 3.17. The molecule has 1 aromatic carbocycles. The number of nitro groups is 1. The minimum Gasteiger partial charge on any atom is -0.464 e. The van der Waals surface area contributed by atoms with Gasteiger partial charge in [0.15, 0.2) is 6.04 Å². The summed E-state index contributed by atoms with van der Waals surface area (Å²) in [6.07, 6.45) is 0. The number of ether oxygens (including phenoxy) is 1. The first-order valence-corrected chi connectivity index (χ1v) is 6.95. The van der Waals surface area contributed by atoms with Crippen molar-refractivity contribution in [1.29, 1.82) is 0 Å². The van der Waals surface area contributed by atoms with Gasteiger partial charge in [0.05, 0.1) is 17.2 Å². The summed E-state index contributed by atoms with van der Waals surface area (Å²) in [5.41, 5.74) is 0.286. The predicted octanol–water partition coefficient (Wildman–Crippen LogP) is 1.94. The third kappa shape index (κ3) is 3.60. The van der Waals surface area contributed by atoms with E-state index in [0.29, 0.717) is 11.3 Å². The lowest BCUT2D eigenvalue weighted by Crippen LogP contribution is -2.31. The molecule has 0 spiro atoms. The Balaban J connectivity index is 2.45. The zero-order chi connectivity index (χ0) is 17.0. The Labute approximate surface area is 131 Å². The minimum atomic E-state index is -0.888. The van der Waals surface area contributed by atoms with E-state index >= 15 is 0 Å². The summed E-state index contributed by atoms with van der Waals surface area (Å²) in [6.45, 7) is 3.37. The van der Waals surface area contributed by atoms with Crippen molar-refractivity contribution in [2.45, 2.75) is 19.9 Å². The maximum atomic E-state index is 11.9. The summed E-state index contributed by atoms with van der Waals surface area (Å²) in [7, 11) is 0. The van der Waals surface area contributed by atoms with E-state index < -0.39 is 22.5 Å². The van der Waals surface area contributed by atoms with Crippen molar-refractivity contribution in [1.82, 2.24) is 9.78 Å². The smallest absolute Gasteiger partial charge is 0.330 e. The lowest BCUT2D eigenvalue weighted by molar-refractivity contribution is -0.384. The van der Waals surface area contributed by atoms with Gasteiger partial charge in [-0.05, 0) is 19.9 Å². The minimum absolute atomic E-state index is 0.0829. The van der Waals surface area contributed by atoms with Gasteiger partial charge in [0.2, 0.25) is 0 Å². The molecule has 0 fully saturated rings. The molecule has 0 N–H and O–H groups in total. The second kappa shape index (κ2) is 6.82. The van der Waals surface area contributed by atoms with E-state index in [1.165, 1.54) is 37.3 Å². The Morgan fingerprint density at radius 3 is 2.78 bits per heavy atom. The van der Waals surface area contributed by atoms with Crippen molar-refractivity contribution in [3.8, 4) is 11.3 Å². The van der Waals surface area contributed by atoms with Crippen molar-refractivity contribution >= 4 is 11.7 Å². The van der Waals surface area contributed by atoms with Crippen LogP contribution in [-0.4, -0.2) is 27.3 Å². The first-order valence-electron chi connectivity index (χ1n) is 6.95. The molecule has 0 amide bonds.